The minimum absolute atomic E-state index is 0.0275. The molecule has 2 heterocycles. The first-order valence-corrected chi connectivity index (χ1v) is 9.97. The van der Waals surface area contributed by atoms with Crippen LogP contribution in [0.1, 0.15) is 21.6 Å². The third kappa shape index (κ3) is 3.82. The Kier molecular flexibility index (Phi) is 5.36. The topological polar surface area (TPSA) is 133 Å². The third-order valence-corrected chi connectivity index (χ3v) is 5.97. The number of benzene rings is 1. The fourth-order valence-electron chi connectivity index (χ4n) is 2.92. The van der Waals surface area contributed by atoms with Crippen molar-refractivity contribution in [2.45, 2.75) is 24.0 Å². The summed E-state index contributed by atoms with van der Waals surface area (Å²) >= 11 is 0. The summed E-state index contributed by atoms with van der Waals surface area (Å²) in [5.74, 6) is 1.29. The number of amides is 1. The predicted octanol–water partition coefficient (Wildman–Crippen LogP) is 0.491. The van der Waals surface area contributed by atoms with Crippen LogP contribution in [0.3, 0.4) is 0 Å². The number of aryl methyl sites for hydroxylation is 2. The number of fused-ring (bicyclic) bond motifs is 1. The third-order valence-electron chi connectivity index (χ3n) is 4.49. The number of hydrogen-bond donors (Lipinski definition) is 3. The molecule has 9 nitrogen and oxygen atoms in total. The second kappa shape index (κ2) is 7.60. The van der Waals surface area contributed by atoms with E-state index < -0.39 is 28.1 Å². The van der Waals surface area contributed by atoms with E-state index in [0.717, 1.165) is 5.56 Å². The Balaban J connectivity index is 1.97. The molecule has 3 rings (SSSR count). The maximum Gasteiger partial charge on any atom is 0.276 e. The smallest absolute Gasteiger partial charge is 0.276 e. The number of anilines is 1. The Morgan fingerprint density at radius 2 is 2.24 bits per heavy atom. The summed E-state index contributed by atoms with van der Waals surface area (Å²) in [7, 11) is -2.58. The largest absolute Gasteiger partial charge is 0.488 e. The van der Waals surface area contributed by atoms with E-state index in [1.54, 1.807) is 19.1 Å². The number of terminal acetylenes is 1. The second-order valence-electron chi connectivity index (χ2n) is 6.53. The number of aromatic nitrogens is 1. The molecule has 0 saturated heterocycles. The molecule has 0 aliphatic carbocycles. The Morgan fingerprint density at radius 1 is 1.52 bits per heavy atom. The summed E-state index contributed by atoms with van der Waals surface area (Å²) in [6, 6.07) is 5.82. The highest BCUT2D eigenvalue weighted by Gasteiger charge is 2.36. The van der Waals surface area contributed by atoms with E-state index in [2.05, 4.69) is 16.0 Å². The van der Waals surface area contributed by atoms with Crippen LogP contribution in [-0.2, 0) is 17.1 Å². The van der Waals surface area contributed by atoms with Gasteiger partial charge in [-0.25, -0.2) is 13.1 Å². The molecular formula is C19H18N4O5S. The van der Waals surface area contributed by atoms with Gasteiger partial charge in [0.05, 0.1) is 17.7 Å². The number of ether oxygens (including phenoxy) is 1. The average molecular weight is 414 g/mol. The van der Waals surface area contributed by atoms with Gasteiger partial charge in [0, 0.05) is 18.9 Å². The lowest BCUT2D eigenvalue weighted by molar-refractivity contribution is 0.101. The average Bonchev–Trinajstić information content (AvgIpc) is 2.96. The zero-order chi connectivity index (χ0) is 21.3. The fourth-order valence-corrected chi connectivity index (χ4v) is 4.34. The van der Waals surface area contributed by atoms with E-state index in [9.17, 15) is 18.3 Å². The molecule has 0 radical (unpaired) electrons. The van der Waals surface area contributed by atoms with Gasteiger partial charge in [0.25, 0.3) is 5.91 Å². The van der Waals surface area contributed by atoms with E-state index in [1.807, 2.05) is 6.07 Å². The van der Waals surface area contributed by atoms with Gasteiger partial charge in [0.15, 0.2) is 11.4 Å². The molecule has 1 aliphatic rings. The fraction of sp³-hybridized carbons (Fsp3) is 0.263. The molecule has 0 bridgehead atoms. The lowest BCUT2D eigenvalue weighted by Gasteiger charge is -2.17. The standard InChI is InChI=1S/C19H18N4O5S/c1-4-15(24)14-10-28-18-16(29(26,27)22-14)9-23(3)17(18)19(25)21-13-6-5-11(2)12(7-13)8-20/h1,5-7,9,14-15,22,24H,10H2,2-3H3,(H,21,25)/t14-,15+/m1/s1. The van der Waals surface area contributed by atoms with Gasteiger partial charge in [-0.3, -0.25) is 4.79 Å². The van der Waals surface area contributed by atoms with Gasteiger partial charge in [-0.1, -0.05) is 12.0 Å². The van der Waals surface area contributed by atoms with Gasteiger partial charge < -0.3 is 19.7 Å². The number of rotatable bonds is 3. The maximum atomic E-state index is 12.9. The number of nitriles is 1. The van der Waals surface area contributed by atoms with Crippen LogP contribution in [0.25, 0.3) is 0 Å². The molecule has 0 saturated carbocycles. The number of hydrogen-bond acceptors (Lipinski definition) is 6. The van der Waals surface area contributed by atoms with Crippen molar-refractivity contribution in [2.75, 3.05) is 11.9 Å². The van der Waals surface area contributed by atoms with Crippen molar-refractivity contribution in [3.63, 3.8) is 0 Å². The number of aliphatic hydroxyl groups excluding tert-OH is 1. The monoisotopic (exact) mass is 414 g/mol. The number of sulfonamides is 1. The van der Waals surface area contributed by atoms with Crippen LogP contribution >= 0.6 is 0 Å². The molecule has 3 N–H and O–H groups in total. The molecule has 1 aliphatic heterocycles. The minimum atomic E-state index is -4.08. The number of carbonyl (C=O) groups excluding carboxylic acids is 1. The van der Waals surface area contributed by atoms with Crippen molar-refractivity contribution in [1.82, 2.24) is 9.29 Å². The van der Waals surface area contributed by atoms with Crippen LogP contribution in [0.4, 0.5) is 5.69 Å². The minimum Gasteiger partial charge on any atom is -0.488 e. The number of aliphatic hydroxyl groups is 1. The molecule has 0 unspecified atom stereocenters. The number of nitrogens with zero attached hydrogens (tertiary/aromatic N) is 2. The zero-order valence-electron chi connectivity index (χ0n) is 15.6. The van der Waals surface area contributed by atoms with Crippen molar-refractivity contribution in [2.24, 2.45) is 7.05 Å². The molecule has 0 spiro atoms. The van der Waals surface area contributed by atoms with E-state index in [-0.39, 0.29) is 22.9 Å². The maximum absolute atomic E-state index is 12.9. The Hall–Kier alpha value is -3.31. The van der Waals surface area contributed by atoms with Crippen LogP contribution in [0.2, 0.25) is 0 Å². The first-order valence-electron chi connectivity index (χ1n) is 8.48. The molecule has 10 heteroatoms. The van der Waals surface area contributed by atoms with Crippen molar-refractivity contribution in [3.8, 4) is 24.2 Å². The normalized spacial score (nSPS) is 18.3. The lowest BCUT2D eigenvalue weighted by Crippen LogP contribution is -2.44. The number of nitrogens with one attached hydrogen (secondary N) is 2. The van der Waals surface area contributed by atoms with E-state index in [0.29, 0.717) is 11.3 Å². The first-order chi connectivity index (χ1) is 13.7. The molecule has 1 aromatic carbocycles. The van der Waals surface area contributed by atoms with Gasteiger partial charge in [0.2, 0.25) is 10.0 Å². The predicted molar refractivity (Wildman–Crippen MR) is 104 cm³/mol. The molecule has 150 valence electrons. The van der Waals surface area contributed by atoms with Crippen LogP contribution in [0, 0.1) is 30.6 Å². The Labute approximate surface area is 168 Å². The van der Waals surface area contributed by atoms with Gasteiger partial charge >= 0.3 is 0 Å². The van der Waals surface area contributed by atoms with Gasteiger partial charge in [0.1, 0.15) is 17.6 Å². The van der Waals surface area contributed by atoms with Crippen LogP contribution in [0.15, 0.2) is 29.3 Å². The van der Waals surface area contributed by atoms with Gasteiger partial charge in [-0.2, -0.15) is 5.26 Å². The van der Waals surface area contributed by atoms with Gasteiger partial charge in [-0.05, 0) is 24.6 Å². The highest BCUT2D eigenvalue weighted by Crippen LogP contribution is 2.33. The summed E-state index contributed by atoms with van der Waals surface area (Å²) in [5, 5.41) is 21.6. The van der Waals surface area contributed by atoms with Crippen LogP contribution in [-0.4, -0.2) is 42.8 Å². The molecule has 2 atom stereocenters. The molecular weight excluding hydrogens is 396 g/mol. The molecule has 0 fully saturated rings. The summed E-state index contributed by atoms with van der Waals surface area (Å²) in [6.07, 6.45) is 5.01. The van der Waals surface area contributed by atoms with Crippen molar-refractivity contribution < 1.29 is 23.1 Å². The second-order valence-corrected chi connectivity index (χ2v) is 8.21. The molecule has 2 aromatic rings. The number of carbonyl (C=O) groups is 1. The Bertz CT molecular complexity index is 1170. The summed E-state index contributed by atoms with van der Waals surface area (Å²) in [5.41, 5.74) is 1.52. The molecule has 1 aromatic heterocycles. The van der Waals surface area contributed by atoms with Crippen LogP contribution in [0.5, 0.6) is 5.75 Å². The summed E-state index contributed by atoms with van der Waals surface area (Å²) in [6.45, 7) is 1.51. The van der Waals surface area contributed by atoms with Crippen LogP contribution < -0.4 is 14.8 Å². The van der Waals surface area contributed by atoms with E-state index >= 15 is 0 Å². The van der Waals surface area contributed by atoms with Crippen molar-refractivity contribution in [1.29, 1.82) is 5.26 Å². The zero-order valence-corrected chi connectivity index (χ0v) is 16.4. The Morgan fingerprint density at radius 3 is 2.90 bits per heavy atom. The quantitative estimate of drug-likeness (QED) is 0.626. The molecule has 29 heavy (non-hydrogen) atoms. The first kappa shape index (κ1) is 20.4. The van der Waals surface area contributed by atoms with Crippen molar-refractivity contribution >= 4 is 21.6 Å². The summed E-state index contributed by atoms with van der Waals surface area (Å²) < 4.78 is 34.5. The van der Waals surface area contributed by atoms with Crippen molar-refractivity contribution in [3.05, 3.63) is 41.2 Å². The highest BCUT2D eigenvalue weighted by molar-refractivity contribution is 7.89. The SMILES string of the molecule is C#C[C@H](O)[C@H]1COc2c(cn(C)c2C(=O)Nc2ccc(C)c(C#N)c2)S(=O)(=O)N1. The van der Waals surface area contributed by atoms with E-state index in [1.165, 1.54) is 23.9 Å². The highest BCUT2D eigenvalue weighted by atomic mass is 32.2. The lowest BCUT2D eigenvalue weighted by atomic mass is 10.1. The summed E-state index contributed by atoms with van der Waals surface area (Å²) in [4.78, 5) is 12.6. The van der Waals surface area contributed by atoms with E-state index in [4.69, 9.17) is 16.4 Å². The molecule has 1 amide bonds. The van der Waals surface area contributed by atoms with Gasteiger partial charge in [-0.15, -0.1) is 6.42 Å².